The fraction of sp³-hybridized carbons (Fsp3) is 1.00. The molecule has 6 rings (SSSR count). The third kappa shape index (κ3) is 4.13. The second-order valence-electron chi connectivity index (χ2n) is 11.4. The maximum Gasteiger partial charge on any atom is 0.175 e. The summed E-state index contributed by atoms with van der Waals surface area (Å²) in [4.78, 5) is 0. The lowest BCUT2D eigenvalue weighted by molar-refractivity contribution is -0.375. The molecule has 0 aromatic rings. The van der Waals surface area contributed by atoms with E-state index >= 15 is 0 Å². The average molecular weight is 483 g/mol. The summed E-state index contributed by atoms with van der Waals surface area (Å²) in [5.41, 5.74) is 26.2. The highest BCUT2D eigenvalue weighted by molar-refractivity contribution is 5.06. The molecule has 10 unspecified atom stereocenters. The van der Waals surface area contributed by atoms with Crippen LogP contribution in [-0.2, 0) is 28.4 Å². The van der Waals surface area contributed by atoms with Gasteiger partial charge in [0.2, 0.25) is 0 Å². The number of hydrogen-bond donors (Lipinski definition) is 4. The Kier molecular flexibility index (Phi) is 6.46. The van der Waals surface area contributed by atoms with Gasteiger partial charge in [-0.3, -0.25) is 0 Å². The molecule has 0 bridgehead atoms. The SMILES string of the molecule is NC1CC(N)C2OC3(CCCCC3)OC2C1OC1OC2COC3(CCCCC3)OC2C(N)C1N. The number of ether oxygens (including phenoxy) is 6. The molecule has 0 radical (unpaired) electrons. The molecular formula is C24H42N4O6. The van der Waals surface area contributed by atoms with Crippen LogP contribution in [0.2, 0.25) is 0 Å². The van der Waals surface area contributed by atoms with Crippen LogP contribution >= 0.6 is 0 Å². The molecule has 0 aromatic heterocycles. The van der Waals surface area contributed by atoms with Crippen LogP contribution in [0, 0.1) is 0 Å². The van der Waals surface area contributed by atoms with Crippen LogP contribution in [0.1, 0.15) is 70.6 Å². The molecule has 3 saturated carbocycles. The zero-order valence-corrected chi connectivity index (χ0v) is 20.0. The Morgan fingerprint density at radius 3 is 1.97 bits per heavy atom. The third-order valence-electron chi connectivity index (χ3n) is 8.93. The predicted molar refractivity (Wildman–Crippen MR) is 122 cm³/mol. The quantitative estimate of drug-likeness (QED) is 0.432. The lowest BCUT2D eigenvalue weighted by atomic mass is 9.84. The van der Waals surface area contributed by atoms with E-state index < -0.39 is 36.1 Å². The zero-order valence-electron chi connectivity index (χ0n) is 20.0. The van der Waals surface area contributed by atoms with Crippen molar-refractivity contribution in [3.8, 4) is 0 Å². The van der Waals surface area contributed by atoms with Gasteiger partial charge in [0.15, 0.2) is 17.9 Å². The second kappa shape index (κ2) is 9.16. The van der Waals surface area contributed by atoms with Gasteiger partial charge in [0.1, 0.15) is 30.5 Å². The number of rotatable bonds is 2. The normalized spacial score (nSPS) is 50.1. The van der Waals surface area contributed by atoms with Crippen LogP contribution in [0.4, 0.5) is 0 Å². The van der Waals surface area contributed by atoms with Gasteiger partial charge in [0.05, 0.1) is 18.7 Å². The van der Waals surface area contributed by atoms with Crippen molar-refractivity contribution in [2.75, 3.05) is 6.61 Å². The summed E-state index contributed by atoms with van der Waals surface area (Å²) >= 11 is 0. The number of nitrogens with two attached hydrogens (primary N) is 4. The lowest BCUT2D eigenvalue weighted by Crippen LogP contribution is -2.71. The smallest absolute Gasteiger partial charge is 0.175 e. The first kappa shape index (κ1) is 24.0. The Labute approximate surface area is 201 Å². The minimum Gasteiger partial charge on any atom is -0.347 e. The van der Waals surface area contributed by atoms with E-state index in [0.717, 1.165) is 51.4 Å². The van der Waals surface area contributed by atoms with Crippen molar-refractivity contribution in [2.24, 2.45) is 22.9 Å². The van der Waals surface area contributed by atoms with Crippen molar-refractivity contribution < 1.29 is 28.4 Å². The summed E-state index contributed by atoms with van der Waals surface area (Å²) in [6, 6.07) is -1.50. The Bertz CT molecular complexity index is 730. The summed E-state index contributed by atoms with van der Waals surface area (Å²) < 4.78 is 38.4. The molecular weight excluding hydrogens is 440 g/mol. The van der Waals surface area contributed by atoms with E-state index in [9.17, 15) is 0 Å². The van der Waals surface area contributed by atoms with Crippen LogP contribution in [0.3, 0.4) is 0 Å². The Morgan fingerprint density at radius 1 is 0.647 bits per heavy atom. The van der Waals surface area contributed by atoms with Gasteiger partial charge in [-0.2, -0.15) is 0 Å². The predicted octanol–water partition coefficient (Wildman–Crippen LogP) is 0.330. The van der Waals surface area contributed by atoms with Crippen molar-refractivity contribution in [2.45, 2.75) is 143 Å². The first-order valence-corrected chi connectivity index (χ1v) is 13.4. The summed E-state index contributed by atoms with van der Waals surface area (Å²) in [5, 5.41) is 0. The van der Waals surface area contributed by atoms with E-state index in [2.05, 4.69) is 0 Å². The highest BCUT2D eigenvalue weighted by Crippen LogP contribution is 2.46. The third-order valence-corrected chi connectivity index (χ3v) is 8.93. The minimum atomic E-state index is -0.735. The maximum atomic E-state index is 6.62. The molecule has 0 amide bonds. The molecule has 6 aliphatic rings. The maximum absolute atomic E-state index is 6.62. The Hall–Kier alpha value is -0.400. The molecule has 3 saturated heterocycles. The van der Waals surface area contributed by atoms with Gasteiger partial charge in [0, 0.05) is 37.8 Å². The van der Waals surface area contributed by atoms with Crippen molar-refractivity contribution >= 4 is 0 Å². The molecule has 2 spiro atoms. The van der Waals surface area contributed by atoms with E-state index in [1.807, 2.05) is 0 Å². The summed E-state index contributed by atoms with van der Waals surface area (Å²) in [7, 11) is 0. The van der Waals surface area contributed by atoms with Gasteiger partial charge >= 0.3 is 0 Å². The highest BCUT2D eigenvalue weighted by Gasteiger charge is 2.58. The van der Waals surface area contributed by atoms with Crippen LogP contribution < -0.4 is 22.9 Å². The molecule has 6 fully saturated rings. The van der Waals surface area contributed by atoms with Crippen molar-refractivity contribution in [3.05, 3.63) is 0 Å². The van der Waals surface area contributed by atoms with Crippen LogP contribution in [0.25, 0.3) is 0 Å². The average Bonchev–Trinajstić information content (AvgIpc) is 3.20. The lowest BCUT2D eigenvalue weighted by Gasteiger charge is -2.53. The van der Waals surface area contributed by atoms with E-state index in [1.165, 1.54) is 12.8 Å². The van der Waals surface area contributed by atoms with Gasteiger partial charge in [-0.15, -0.1) is 0 Å². The number of fused-ring (bicyclic) bond motifs is 2. The van der Waals surface area contributed by atoms with E-state index in [0.29, 0.717) is 13.0 Å². The van der Waals surface area contributed by atoms with Crippen molar-refractivity contribution in [3.63, 3.8) is 0 Å². The molecule has 3 aliphatic carbocycles. The molecule has 10 heteroatoms. The summed E-state index contributed by atoms with van der Waals surface area (Å²) in [5.74, 6) is -1.13. The molecule has 10 nitrogen and oxygen atoms in total. The van der Waals surface area contributed by atoms with Crippen molar-refractivity contribution in [1.29, 1.82) is 0 Å². The number of hydrogen-bond acceptors (Lipinski definition) is 10. The minimum absolute atomic E-state index is 0.194. The fourth-order valence-electron chi connectivity index (χ4n) is 7.00. The first-order chi connectivity index (χ1) is 16.4. The molecule has 0 aromatic carbocycles. The van der Waals surface area contributed by atoms with Crippen molar-refractivity contribution in [1.82, 2.24) is 0 Å². The van der Waals surface area contributed by atoms with E-state index in [-0.39, 0.29) is 36.5 Å². The molecule has 10 atom stereocenters. The van der Waals surface area contributed by atoms with Crippen LogP contribution in [0.5, 0.6) is 0 Å². The van der Waals surface area contributed by atoms with Crippen LogP contribution in [0.15, 0.2) is 0 Å². The Morgan fingerprint density at radius 2 is 1.26 bits per heavy atom. The van der Waals surface area contributed by atoms with Gasteiger partial charge < -0.3 is 51.4 Å². The van der Waals surface area contributed by atoms with E-state index in [4.69, 9.17) is 51.4 Å². The molecule has 34 heavy (non-hydrogen) atoms. The van der Waals surface area contributed by atoms with Gasteiger partial charge in [0.25, 0.3) is 0 Å². The second-order valence-corrected chi connectivity index (χ2v) is 11.4. The molecule has 194 valence electrons. The summed E-state index contributed by atoms with van der Waals surface area (Å²) in [6.45, 7) is 0.418. The molecule has 3 heterocycles. The highest BCUT2D eigenvalue weighted by atomic mass is 16.8. The Balaban J connectivity index is 1.16. The first-order valence-electron chi connectivity index (χ1n) is 13.4. The zero-order chi connectivity index (χ0) is 23.5. The standard InChI is InChI=1S/C24H42N4O6/c25-13-11-14(26)19-21(34-24(32-19)9-5-2-6-10-24)18(13)31-22-17(28)16(27)20-15(30-22)12-29-23(33-20)7-3-1-4-8-23/h13-22H,1-12,25-28H2. The van der Waals surface area contributed by atoms with Gasteiger partial charge in [-0.1, -0.05) is 12.8 Å². The molecule has 8 N–H and O–H groups in total. The topological polar surface area (TPSA) is 159 Å². The van der Waals surface area contributed by atoms with E-state index in [1.54, 1.807) is 0 Å². The molecule has 3 aliphatic heterocycles. The largest absolute Gasteiger partial charge is 0.347 e. The monoisotopic (exact) mass is 482 g/mol. The fourth-order valence-corrected chi connectivity index (χ4v) is 7.00. The van der Waals surface area contributed by atoms with Crippen LogP contribution in [-0.4, -0.2) is 79.2 Å². The summed E-state index contributed by atoms with van der Waals surface area (Å²) in [6.07, 6.45) is 8.43. The van der Waals surface area contributed by atoms with Gasteiger partial charge in [-0.25, -0.2) is 0 Å². The van der Waals surface area contributed by atoms with Gasteiger partial charge in [-0.05, 0) is 32.1 Å².